The van der Waals surface area contributed by atoms with Crippen LogP contribution in [0.4, 0.5) is 0 Å². The van der Waals surface area contributed by atoms with Crippen molar-refractivity contribution in [2.75, 3.05) is 26.9 Å². The molecule has 4 nitrogen and oxygen atoms in total. The van der Waals surface area contributed by atoms with Gasteiger partial charge in [-0.3, -0.25) is 0 Å². The molecule has 0 fully saturated rings. The zero-order chi connectivity index (χ0) is 13.4. The van der Waals surface area contributed by atoms with Crippen molar-refractivity contribution in [1.82, 2.24) is 5.32 Å². The maximum Gasteiger partial charge on any atom is 0.123 e. The van der Waals surface area contributed by atoms with Crippen molar-refractivity contribution in [1.29, 1.82) is 0 Å². The Morgan fingerprint density at radius 3 is 2.72 bits per heavy atom. The molecular weight excluding hydrogens is 230 g/mol. The summed E-state index contributed by atoms with van der Waals surface area (Å²) in [5, 5.41) is 13.0. The Morgan fingerprint density at radius 1 is 1.33 bits per heavy atom. The van der Waals surface area contributed by atoms with Gasteiger partial charge in [-0.2, -0.15) is 0 Å². The van der Waals surface area contributed by atoms with E-state index in [1.54, 1.807) is 7.11 Å². The van der Waals surface area contributed by atoms with E-state index in [4.69, 9.17) is 9.47 Å². The number of methoxy groups -OCH3 is 1. The van der Waals surface area contributed by atoms with E-state index >= 15 is 0 Å². The second-order valence-electron chi connectivity index (χ2n) is 4.19. The molecule has 0 amide bonds. The van der Waals surface area contributed by atoms with Crippen molar-refractivity contribution < 1.29 is 14.6 Å². The van der Waals surface area contributed by atoms with Crippen molar-refractivity contribution in [3.63, 3.8) is 0 Å². The van der Waals surface area contributed by atoms with Gasteiger partial charge < -0.3 is 19.9 Å². The molecule has 18 heavy (non-hydrogen) atoms. The third-order valence-electron chi connectivity index (χ3n) is 2.78. The molecule has 1 aromatic carbocycles. The molecule has 1 rings (SSSR count). The van der Waals surface area contributed by atoms with Crippen LogP contribution in [0.3, 0.4) is 0 Å². The highest BCUT2D eigenvalue weighted by molar-refractivity contribution is 5.35. The van der Waals surface area contributed by atoms with Gasteiger partial charge in [-0.05, 0) is 19.9 Å². The first kappa shape index (κ1) is 15.0. The van der Waals surface area contributed by atoms with Crippen LogP contribution < -0.4 is 10.1 Å². The van der Waals surface area contributed by atoms with Crippen molar-refractivity contribution in [2.45, 2.75) is 26.0 Å². The Kier molecular flexibility index (Phi) is 6.72. The van der Waals surface area contributed by atoms with Gasteiger partial charge in [0.2, 0.25) is 0 Å². The zero-order valence-electron chi connectivity index (χ0n) is 11.3. The fourth-order valence-corrected chi connectivity index (χ4v) is 1.76. The second-order valence-corrected chi connectivity index (χ2v) is 4.19. The third-order valence-corrected chi connectivity index (χ3v) is 2.78. The van der Waals surface area contributed by atoms with Crippen molar-refractivity contribution in [3.05, 3.63) is 29.8 Å². The summed E-state index contributed by atoms with van der Waals surface area (Å²) in [6.45, 7) is 5.45. The minimum Gasteiger partial charge on any atom is -0.496 e. The molecule has 0 spiro atoms. The lowest BCUT2D eigenvalue weighted by Crippen LogP contribution is -2.32. The fourth-order valence-electron chi connectivity index (χ4n) is 1.76. The van der Waals surface area contributed by atoms with Gasteiger partial charge in [0.25, 0.3) is 0 Å². The minimum absolute atomic E-state index is 0.123. The first-order valence-electron chi connectivity index (χ1n) is 6.31. The lowest BCUT2D eigenvalue weighted by atomic mass is 10.1. The molecule has 102 valence electrons. The number of hydrogen-bond donors (Lipinski definition) is 2. The van der Waals surface area contributed by atoms with Crippen molar-refractivity contribution >= 4 is 0 Å². The molecule has 1 aromatic rings. The lowest BCUT2D eigenvalue weighted by molar-refractivity contribution is 0.0416. The van der Waals surface area contributed by atoms with Crippen molar-refractivity contribution in [3.8, 4) is 5.75 Å². The van der Waals surface area contributed by atoms with Crippen molar-refractivity contribution in [2.24, 2.45) is 0 Å². The van der Waals surface area contributed by atoms with E-state index in [9.17, 15) is 5.11 Å². The van der Waals surface area contributed by atoms with E-state index < -0.39 is 6.10 Å². The Hall–Kier alpha value is -1.10. The number of nitrogens with one attached hydrogen (secondary N) is 1. The van der Waals surface area contributed by atoms with Crippen LogP contribution in [-0.2, 0) is 4.74 Å². The first-order chi connectivity index (χ1) is 8.69. The maximum absolute atomic E-state index is 9.68. The summed E-state index contributed by atoms with van der Waals surface area (Å²) in [5.41, 5.74) is 1.09. The quantitative estimate of drug-likeness (QED) is 0.741. The van der Waals surface area contributed by atoms with E-state index in [1.807, 2.05) is 38.1 Å². The van der Waals surface area contributed by atoms with Crippen LogP contribution in [0.15, 0.2) is 24.3 Å². The molecule has 2 atom stereocenters. The first-order valence-corrected chi connectivity index (χ1v) is 6.31. The fraction of sp³-hybridized carbons (Fsp3) is 0.571. The molecule has 0 saturated heterocycles. The largest absolute Gasteiger partial charge is 0.496 e. The van der Waals surface area contributed by atoms with Gasteiger partial charge >= 0.3 is 0 Å². The van der Waals surface area contributed by atoms with Crippen LogP contribution in [0.2, 0.25) is 0 Å². The van der Waals surface area contributed by atoms with Crippen LogP contribution in [-0.4, -0.2) is 38.1 Å². The number of aliphatic hydroxyl groups is 1. The minimum atomic E-state index is -0.484. The van der Waals surface area contributed by atoms with Gasteiger partial charge in [-0.1, -0.05) is 18.2 Å². The number of ether oxygens (including phenoxy) is 2. The zero-order valence-corrected chi connectivity index (χ0v) is 11.3. The van der Waals surface area contributed by atoms with Crippen LogP contribution in [0.1, 0.15) is 25.5 Å². The van der Waals surface area contributed by atoms with E-state index in [1.165, 1.54) is 0 Å². The molecule has 0 aliphatic rings. The van der Waals surface area contributed by atoms with Crippen LogP contribution in [0.25, 0.3) is 0 Å². The standard InChI is InChI=1S/C14H23NO3/c1-4-18-10-12(16)9-15-11(2)13-7-5-6-8-14(13)17-3/h5-8,11-12,15-16H,4,9-10H2,1-3H3/t11-,12?/m0/s1. The molecule has 0 bridgehead atoms. The third kappa shape index (κ3) is 4.64. The van der Waals surface area contributed by atoms with Crippen LogP contribution >= 0.6 is 0 Å². The van der Waals surface area contributed by atoms with E-state index in [2.05, 4.69) is 5.32 Å². The number of benzene rings is 1. The molecule has 0 radical (unpaired) electrons. The summed E-state index contributed by atoms with van der Waals surface area (Å²) in [7, 11) is 1.66. The molecule has 4 heteroatoms. The number of hydrogen-bond acceptors (Lipinski definition) is 4. The molecular formula is C14H23NO3. The van der Waals surface area contributed by atoms with Crippen LogP contribution in [0, 0.1) is 0 Å². The van der Waals surface area contributed by atoms with Gasteiger partial charge in [-0.25, -0.2) is 0 Å². The van der Waals surface area contributed by atoms with Gasteiger partial charge in [0.15, 0.2) is 0 Å². The summed E-state index contributed by atoms with van der Waals surface area (Å²) in [6, 6.07) is 8.00. The van der Waals surface area contributed by atoms with Gasteiger partial charge in [0.05, 0.1) is 19.8 Å². The molecule has 0 saturated carbocycles. The van der Waals surface area contributed by atoms with E-state index in [0.29, 0.717) is 19.8 Å². The predicted octanol–water partition coefficient (Wildman–Crippen LogP) is 1.74. The predicted molar refractivity (Wildman–Crippen MR) is 71.9 cm³/mol. The lowest BCUT2D eigenvalue weighted by Gasteiger charge is -2.19. The summed E-state index contributed by atoms with van der Waals surface area (Å²) in [6.07, 6.45) is -0.484. The molecule has 0 aliphatic heterocycles. The number of rotatable bonds is 8. The highest BCUT2D eigenvalue weighted by Gasteiger charge is 2.12. The topological polar surface area (TPSA) is 50.7 Å². The molecule has 0 aromatic heterocycles. The summed E-state index contributed by atoms with van der Waals surface area (Å²) in [5.74, 6) is 0.858. The highest BCUT2D eigenvalue weighted by Crippen LogP contribution is 2.24. The van der Waals surface area contributed by atoms with Gasteiger partial charge in [0.1, 0.15) is 5.75 Å². The average Bonchev–Trinajstić information content (AvgIpc) is 2.42. The Morgan fingerprint density at radius 2 is 2.06 bits per heavy atom. The second kappa shape index (κ2) is 8.08. The van der Waals surface area contributed by atoms with Gasteiger partial charge in [0, 0.05) is 24.8 Å². The van der Waals surface area contributed by atoms with Crippen LogP contribution in [0.5, 0.6) is 5.75 Å². The molecule has 2 N–H and O–H groups in total. The monoisotopic (exact) mass is 253 g/mol. The maximum atomic E-state index is 9.68. The normalized spacial score (nSPS) is 14.2. The van der Waals surface area contributed by atoms with E-state index in [-0.39, 0.29) is 6.04 Å². The number of para-hydroxylation sites is 1. The number of aliphatic hydroxyl groups excluding tert-OH is 1. The smallest absolute Gasteiger partial charge is 0.123 e. The molecule has 1 unspecified atom stereocenters. The Labute approximate surface area is 109 Å². The average molecular weight is 253 g/mol. The Bertz CT molecular complexity index is 344. The Balaban J connectivity index is 2.47. The summed E-state index contributed by atoms with van der Waals surface area (Å²) >= 11 is 0. The SMILES string of the molecule is CCOCC(O)CN[C@@H](C)c1ccccc1OC. The van der Waals surface area contributed by atoms with Gasteiger partial charge in [-0.15, -0.1) is 0 Å². The summed E-state index contributed by atoms with van der Waals surface area (Å²) < 4.78 is 10.5. The summed E-state index contributed by atoms with van der Waals surface area (Å²) in [4.78, 5) is 0. The highest BCUT2D eigenvalue weighted by atomic mass is 16.5. The molecule has 0 heterocycles. The van der Waals surface area contributed by atoms with E-state index in [0.717, 1.165) is 11.3 Å². The molecule has 0 aliphatic carbocycles.